The van der Waals surface area contributed by atoms with Crippen LogP contribution in [0.1, 0.15) is 84.5 Å². The van der Waals surface area contributed by atoms with Gasteiger partial charge in [0, 0.05) is 24.7 Å². The minimum Gasteiger partial charge on any atom is -0.469 e. The number of rotatable bonds is 13. The maximum Gasteiger partial charge on any atom is 0.305 e. The van der Waals surface area contributed by atoms with Gasteiger partial charge in [-0.25, -0.2) is 0 Å². The highest BCUT2D eigenvalue weighted by atomic mass is 16.5. The Balaban J connectivity index is 2.34. The molecule has 1 saturated carbocycles. The van der Waals surface area contributed by atoms with E-state index in [1.54, 1.807) is 0 Å². The molecule has 0 spiro atoms. The van der Waals surface area contributed by atoms with Gasteiger partial charge in [-0.2, -0.15) is 0 Å². The number of carbonyl (C=O) groups excluding carboxylic acids is 2. The van der Waals surface area contributed by atoms with Crippen molar-refractivity contribution in [1.29, 1.82) is 0 Å². The Hall–Kier alpha value is -1.16. The van der Waals surface area contributed by atoms with Crippen LogP contribution in [0, 0.1) is 17.8 Å². The molecule has 4 heteroatoms. The van der Waals surface area contributed by atoms with Gasteiger partial charge in [-0.1, -0.05) is 64.5 Å². The molecule has 0 aliphatic heterocycles. The molecule has 2 unspecified atom stereocenters. The molecule has 4 atom stereocenters. The highest BCUT2D eigenvalue weighted by Gasteiger charge is 2.39. The van der Waals surface area contributed by atoms with E-state index in [-0.39, 0.29) is 23.6 Å². The minimum absolute atomic E-state index is 0.0176. The first kappa shape index (κ1) is 22.9. The van der Waals surface area contributed by atoms with E-state index in [0.717, 1.165) is 38.5 Å². The molecule has 150 valence electrons. The number of hydrogen-bond donors (Lipinski definition) is 1. The van der Waals surface area contributed by atoms with Gasteiger partial charge in [-0.05, 0) is 25.2 Å². The van der Waals surface area contributed by atoms with Crippen LogP contribution in [-0.4, -0.2) is 30.1 Å². The van der Waals surface area contributed by atoms with Crippen molar-refractivity contribution in [3.63, 3.8) is 0 Å². The molecule has 0 heterocycles. The lowest BCUT2D eigenvalue weighted by molar-refractivity contribution is -0.140. The number of allylic oxidation sites excluding steroid dienone is 1. The summed E-state index contributed by atoms with van der Waals surface area (Å²) in [4.78, 5) is 23.3. The Bertz CT molecular complexity index is 443. The number of Topliss-reactive ketones (excluding diaryl/α,β-unsaturated/α-hetero) is 1. The first-order valence-corrected chi connectivity index (χ1v) is 10.4. The highest BCUT2D eigenvalue weighted by Crippen LogP contribution is 2.34. The molecule has 1 aliphatic rings. The molecule has 0 aromatic heterocycles. The van der Waals surface area contributed by atoms with Crippen LogP contribution in [0.25, 0.3) is 0 Å². The van der Waals surface area contributed by atoms with Crippen LogP contribution in [0.2, 0.25) is 0 Å². The van der Waals surface area contributed by atoms with Crippen LogP contribution in [0.15, 0.2) is 12.2 Å². The van der Waals surface area contributed by atoms with Crippen LogP contribution in [0.5, 0.6) is 0 Å². The Morgan fingerprint density at radius 3 is 2.69 bits per heavy atom. The number of aliphatic hydroxyl groups is 1. The summed E-state index contributed by atoms with van der Waals surface area (Å²) in [5.74, 6) is 0.663. The molecule has 0 amide bonds. The number of hydrogen-bond acceptors (Lipinski definition) is 4. The molecular formula is C22H38O4. The third kappa shape index (κ3) is 8.48. The van der Waals surface area contributed by atoms with Gasteiger partial charge >= 0.3 is 5.97 Å². The molecular weight excluding hydrogens is 328 g/mol. The maximum absolute atomic E-state index is 12.2. The Morgan fingerprint density at radius 1 is 1.27 bits per heavy atom. The van der Waals surface area contributed by atoms with E-state index in [1.165, 1.54) is 26.4 Å². The van der Waals surface area contributed by atoms with Gasteiger partial charge in [0.2, 0.25) is 0 Å². The molecule has 1 rings (SSSR count). The Labute approximate surface area is 159 Å². The average Bonchev–Trinajstić information content (AvgIpc) is 2.89. The van der Waals surface area contributed by atoms with E-state index in [4.69, 9.17) is 0 Å². The quantitative estimate of drug-likeness (QED) is 0.288. The fraction of sp³-hybridized carbons (Fsp3) is 0.818. The average molecular weight is 367 g/mol. The van der Waals surface area contributed by atoms with Gasteiger partial charge in [0.05, 0.1) is 13.2 Å². The van der Waals surface area contributed by atoms with Crippen LogP contribution >= 0.6 is 0 Å². The van der Waals surface area contributed by atoms with Crippen LogP contribution in [-0.2, 0) is 14.3 Å². The lowest BCUT2D eigenvalue weighted by Gasteiger charge is -2.17. The van der Waals surface area contributed by atoms with E-state index >= 15 is 0 Å². The smallest absolute Gasteiger partial charge is 0.305 e. The Kier molecular flexibility index (Phi) is 11.5. The summed E-state index contributed by atoms with van der Waals surface area (Å²) < 4.78 is 4.63. The second-order valence-electron chi connectivity index (χ2n) is 7.86. The summed E-state index contributed by atoms with van der Waals surface area (Å²) in [5, 5.41) is 10.2. The SMILES string of the molecule is CCCCC(C)C/C=C/C1[C@H](O)CC(=O)[C@@H]1CCCCCCC(=O)OC. The van der Waals surface area contributed by atoms with Gasteiger partial charge in [0.15, 0.2) is 0 Å². The zero-order chi connectivity index (χ0) is 19.4. The fourth-order valence-electron chi connectivity index (χ4n) is 3.82. The number of esters is 1. The molecule has 0 bridgehead atoms. The van der Waals surface area contributed by atoms with Crippen molar-refractivity contribution in [2.24, 2.45) is 17.8 Å². The molecule has 1 aliphatic carbocycles. The van der Waals surface area contributed by atoms with Crippen molar-refractivity contribution in [3.8, 4) is 0 Å². The van der Waals surface area contributed by atoms with Crippen molar-refractivity contribution in [2.75, 3.05) is 7.11 Å². The maximum atomic E-state index is 12.2. The van der Waals surface area contributed by atoms with Gasteiger partial charge in [0.25, 0.3) is 0 Å². The molecule has 4 nitrogen and oxygen atoms in total. The fourth-order valence-corrected chi connectivity index (χ4v) is 3.82. The van der Waals surface area contributed by atoms with Gasteiger partial charge < -0.3 is 9.84 Å². The summed E-state index contributed by atoms with van der Waals surface area (Å²) in [6.07, 6.45) is 13.9. The summed E-state index contributed by atoms with van der Waals surface area (Å²) in [7, 11) is 1.41. The molecule has 26 heavy (non-hydrogen) atoms. The third-order valence-electron chi connectivity index (χ3n) is 5.55. The number of ketones is 1. The van der Waals surface area contributed by atoms with E-state index in [0.29, 0.717) is 18.8 Å². The Morgan fingerprint density at radius 2 is 2.00 bits per heavy atom. The number of carbonyl (C=O) groups is 2. The summed E-state index contributed by atoms with van der Waals surface area (Å²) in [6.45, 7) is 4.48. The van der Waals surface area contributed by atoms with Crippen molar-refractivity contribution < 1.29 is 19.4 Å². The highest BCUT2D eigenvalue weighted by molar-refractivity contribution is 5.84. The van der Waals surface area contributed by atoms with Crippen LogP contribution < -0.4 is 0 Å². The molecule has 0 radical (unpaired) electrons. The van der Waals surface area contributed by atoms with E-state index in [9.17, 15) is 14.7 Å². The molecule has 0 aromatic carbocycles. The zero-order valence-corrected chi connectivity index (χ0v) is 16.9. The number of methoxy groups -OCH3 is 1. The van der Waals surface area contributed by atoms with Crippen LogP contribution in [0.4, 0.5) is 0 Å². The zero-order valence-electron chi connectivity index (χ0n) is 16.9. The van der Waals surface area contributed by atoms with Gasteiger partial charge in [-0.15, -0.1) is 0 Å². The van der Waals surface area contributed by atoms with E-state index in [1.807, 2.05) is 0 Å². The van der Waals surface area contributed by atoms with Crippen molar-refractivity contribution in [2.45, 2.75) is 90.6 Å². The standard InChI is InChI=1S/C22H38O4/c1-4-5-11-17(2)12-10-14-19-18(20(23)16-21(19)24)13-8-6-7-9-15-22(25)26-3/h10,14,17-19,21,24H,4-9,11-13,15-16H2,1-3H3/b14-10+/t17?,18-,19?,21-/m1/s1. The van der Waals surface area contributed by atoms with Gasteiger partial charge in [0.1, 0.15) is 5.78 Å². The summed E-state index contributed by atoms with van der Waals surface area (Å²) in [5.41, 5.74) is 0. The summed E-state index contributed by atoms with van der Waals surface area (Å²) >= 11 is 0. The molecule has 0 aromatic rings. The topological polar surface area (TPSA) is 63.6 Å². The minimum atomic E-state index is -0.519. The third-order valence-corrected chi connectivity index (χ3v) is 5.55. The normalized spacial score (nSPS) is 24.3. The lowest BCUT2D eigenvalue weighted by atomic mass is 9.88. The molecule has 0 saturated heterocycles. The monoisotopic (exact) mass is 366 g/mol. The number of aliphatic hydroxyl groups excluding tert-OH is 1. The first-order chi connectivity index (χ1) is 12.5. The second-order valence-corrected chi connectivity index (χ2v) is 7.86. The number of ether oxygens (including phenoxy) is 1. The number of unbranched alkanes of at least 4 members (excludes halogenated alkanes) is 4. The molecule has 1 fully saturated rings. The largest absolute Gasteiger partial charge is 0.469 e. The van der Waals surface area contributed by atoms with Crippen molar-refractivity contribution in [1.82, 2.24) is 0 Å². The van der Waals surface area contributed by atoms with Crippen molar-refractivity contribution >= 4 is 11.8 Å². The van der Waals surface area contributed by atoms with E-state index in [2.05, 4.69) is 30.7 Å². The van der Waals surface area contributed by atoms with Gasteiger partial charge in [-0.3, -0.25) is 9.59 Å². The summed E-state index contributed by atoms with van der Waals surface area (Å²) in [6, 6.07) is 0. The van der Waals surface area contributed by atoms with Crippen molar-refractivity contribution in [3.05, 3.63) is 12.2 Å². The van der Waals surface area contributed by atoms with Crippen LogP contribution in [0.3, 0.4) is 0 Å². The molecule has 1 N–H and O–H groups in total. The predicted molar refractivity (Wildman–Crippen MR) is 105 cm³/mol. The lowest BCUT2D eigenvalue weighted by Crippen LogP contribution is -2.18. The van der Waals surface area contributed by atoms with E-state index < -0.39 is 6.10 Å². The predicted octanol–water partition coefficient (Wildman–Crippen LogP) is 4.84. The second kappa shape index (κ2) is 13.1. The first-order valence-electron chi connectivity index (χ1n) is 10.4.